The zero-order valence-electron chi connectivity index (χ0n) is 10.1. The third-order valence-electron chi connectivity index (χ3n) is 3.28. The minimum Gasteiger partial charge on any atom is -0.363 e. The lowest BCUT2D eigenvalue weighted by atomic mass is 9.89. The number of nitrogens with zero attached hydrogens (tertiary/aromatic N) is 1. The molecule has 90 valence electrons. The Morgan fingerprint density at radius 1 is 1.50 bits per heavy atom. The highest BCUT2D eigenvalue weighted by molar-refractivity contribution is 9.11. The summed E-state index contributed by atoms with van der Waals surface area (Å²) < 4.78 is 1.21. The first kappa shape index (κ1) is 12.4. The minimum absolute atomic E-state index is 0.270. The molecule has 0 spiro atoms. The van der Waals surface area contributed by atoms with Gasteiger partial charge in [-0.3, -0.25) is 0 Å². The summed E-state index contributed by atoms with van der Waals surface area (Å²) in [6.07, 6.45) is 2.44. The molecule has 1 fully saturated rings. The molecule has 16 heavy (non-hydrogen) atoms. The van der Waals surface area contributed by atoms with Gasteiger partial charge in [0.2, 0.25) is 0 Å². The summed E-state index contributed by atoms with van der Waals surface area (Å²) in [5, 5.41) is 4.92. The lowest BCUT2D eigenvalue weighted by Crippen LogP contribution is -2.52. The van der Waals surface area contributed by atoms with Crippen molar-refractivity contribution in [3.63, 3.8) is 0 Å². The molecule has 0 amide bonds. The number of nitrogens with one attached hydrogen (secondary N) is 1. The van der Waals surface area contributed by atoms with Gasteiger partial charge in [0, 0.05) is 18.6 Å². The van der Waals surface area contributed by atoms with E-state index in [4.69, 9.17) is 0 Å². The average Bonchev–Trinajstić information content (AvgIpc) is 2.62. The van der Waals surface area contributed by atoms with Crippen LogP contribution in [0.25, 0.3) is 0 Å². The first-order valence-electron chi connectivity index (χ1n) is 5.71. The van der Waals surface area contributed by atoms with Gasteiger partial charge in [-0.1, -0.05) is 0 Å². The van der Waals surface area contributed by atoms with Crippen LogP contribution in [0.5, 0.6) is 0 Å². The van der Waals surface area contributed by atoms with Crippen molar-refractivity contribution in [3.05, 3.63) is 15.9 Å². The Labute approximate surface area is 110 Å². The molecule has 0 bridgehead atoms. The van der Waals surface area contributed by atoms with E-state index in [0.29, 0.717) is 6.04 Å². The van der Waals surface area contributed by atoms with Gasteiger partial charge in [-0.05, 0) is 61.3 Å². The third kappa shape index (κ3) is 2.79. The Bertz CT molecular complexity index is 362. The summed E-state index contributed by atoms with van der Waals surface area (Å²) in [4.78, 5) is 2.43. The Balaban J connectivity index is 2.07. The van der Waals surface area contributed by atoms with Gasteiger partial charge < -0.3 is 10.2 Å². The lowest BCUT2D eigenvalue weighted by Gasteiger charge is -2.41. The van der Waals surface area contributed by atoms with E-state index < -0.39 is 0 Å². The molecule has 2 nitrogen and oxygen atoms in total. The first-order chi connectivity index (χ1) is 7.48. The standard InChI is InChI=1S/C12H19BrN2S/c1-12(2)8-9(6-7-14-12)15(3)11-5-4-10(13)16-11/h4-5,9,14H,6-8H2,1-3H3. The monoisotopic (exact) mass is 302 g/mol. The van der Waals surface area contributed by atoms with Gasteiger partial charge in [-0.25, -0.2) is 0 Å². The SMILES string of the molecule is CN(c1ccc(Br)s1)C1CCNC(C)(C)C1. The van der Waals surface area contributed by atoms with Crippen molar-refractivity contribution in [1.82, 2.24) is 5.32 Å². The smallest absolute Gasteiger partial charge is 0.0920 e. The zero-order chi connectivity index (χ0) is 11.8. The van der Waals surface area contributed by atoms with E-state index in [1.165, 1.54) is 21.6 Å². The predicted octanol–water partition coefficient (Wildman–Crippen LogP) is 3.48. The van der Waals surface area contributed by atoms with E-state index in [2.05, 4.69) is 59.2 Å². The van der Waals surface area contributed by atoms with Crippen molar-refractivity contribution in [2.45, 2.75) is 38.3 Å². The van der Waals surface area contributed by atoms with Crippen molar-refractivity contribution in [2.75, 3.05) is 18.5 Å². The minimum atomic E-state index is 0.270. The van der Waals surface area contributed by atoms with Crippen LogP contribution in [0.4, 0.5) is 5.00 Å². The number of piperidine rings is 1. The van der Waals surface area contributed by atoms with Gasteiger partial charge in [0.15, 0.2) is 0 Å². The van der Waals surface area contributed by atoms with Crippen molar-refractivity contribution in [3.8, 4) is 0 Å². The van der Waals surface area contributed by atoms with Gasteiger partial charge in [-0.2, -0.15) is 0 Å². The fourth-order valence-electron chi connectivity index (χ4n) is 2.35. The molecule has 4 heteroatoms. The zero-order valence-corrected chi connectivity index (χ0v) is 12.5. The van der Waals surface area contributed by atoms with Gasteiger partial charge in [0.05, 0.1) is 8.79 Å². The number of hydrogen-bond acceptors (Lipinski definition) is 3. The maximum Gasteiger partial charge on any atom is 0.0920 e. The van der Waals surface area contributed by atoms with Crippen LogP contribution < -0.4 is 10.2 Å². The number of thiophene rings is 1. The van der Waals surface area contributed by atoms with Crippen molar-refractivity contribution < 1.29 is 0 Å². The molecule has 1 atom stereocenters. The van der Waals surface area contributed by atoms with Crippen molar-refractivity contribution in [2.24, 2.45) is 0 Å². The summed E-state index contributed by atoms with van der Waals surface area (Å²) in [5.41, 5.74) is 0.270. The van der Waals surface area contributed by atoms with Crippen LogP contribution in [-0.2, 0) is 0 Å². The number of hydrogen-bond donors (Lipinski definition) is 1. The second-order valence-electron chi connectivity index (χ2n) is 5.15. The van der Waals surface area contributed by atoms with Crippen molar-refractivity contribution in [1.29, 1.82) is 0 Å². The highest BCUT2D eigenvalue weighted by atomic mass is 79.9. The average molecular weight is 303 g/mol. The Morgan fingerprint density at radius 3 is 2.81 bits per heavy atom. The largest absolute Gasteiger partial charge is 0.363 e. The maximum atomic E-state index is 3.57. The van der Waals surface area contributed by atoms with Crippen LogP contribution in [-0.4, -0.2) is 25.2 Å². The molecule has 1 N–H and O–H groups in total. The lowest BCUT2D eigenvalue weighted by molar-refractivity contribution is 0.272. The van der Waals surface area contributed by atoms with E-state index in [1.54, 1.807) is 0 Å². The topological polar surface area (TPSA) is 15.3 Å². The second-order valence-corrected chi connectivity index (χ2v) is 7.59. The Morgan fingerprint density at radius 2 is 2.25 bits per heavy atom. The predicted molar refractivity (Wildman–Crippen MR) is 75.5 cm³/mol. The number of rotatable bonds is 2. The van der Waals surface area contributed by atoms with Crippen molar-refractivity contribution >= 4 is 32.3 Å². The third-order valence-corrected chi connectivity index (χ3v) is 5.00. The maximum absolute atomic E-state index is 3.57. The highest BCUT2D eigenvalue weighted by Gasteiger charge is 2.30. The number of halogens is 1. The molecule has 1 aromatic heterocycles. The summed E-state index contributed by atoms with van der Waals surface area (Å²) in [6, 6.07) is 4.98. The summed E-state index contributed by atoms with van der Waals surface area (Å²) in [7, 11) is 2.21. The summed E-state index contributed by atoms with van der Waals surface area (Å²) in [6.45, 7) is 5.70. The summed E-state index contributed by atoms with van der Waals surface area (Å²) in [5.74, 6) is 0. The Hall–Kier alpha value is -0.0600. The fourth-order valence-corrected chi connectivity index (χ4v) is 3.74. The summed E-state index contributed by atoms with van der Waals surface area (Å²) >= 11 is 5.34. The Kier molecular flexibility index (Phi) is 3.62. The molecule has 0 aliphatic carbocycles. The molecule has 1 saturated heterocycles. The second kappa shape index (κ2) is 4.67. The highest BCUT2D eigenvalue weighted by Crippen LogP contribution is 2.33. The van der Waals surface area contributed by atoms with Gasteiger partial charge in [0.1, 0.15) is 0 Å². The van der Waals surface area contributed by atoms with Crippen LogP contribution in [0.15, 0.2) is 15.9 Å². The van der Waals surface area contributed by atoms with E-state index in [1.807, 2.05) is 11.3 Å². The van der Waals surface area contributed by atoms with E-state index in [-0.39, 0.29) is 5.54 Å². The van der Waals surface area contributed by atoms with Crippen LogP contribution in [0.2, 0.25) is 0 Å². The molecule has 1 unspecified atom stereocenters. The molecule has 2 heterocycles. The quantitative estimate of drug-likeness (QED) is 0.900. The van der Waals surface area contributed by atoms with Crippen LogP contribution in [0.3, 0.4) is 0 Å². The van der Waals surface area contributed by atoms with E-state index in [0.717, 1.165) is 6.54 Å². The van der Waals surface area contributed by atoms with Crippen LogP contribution in [0.1, 0.15) is 26.7 Å². The number of anilines is 1. The van der Waals surface area contributed by atoms with Crippen LogP contribution >= 0.6 is 27.3 Å². The normalized spacial score (nSPS) is 24.4. The van der Waals surface area contributed by atoms with Crippen LogP contribution in [0, 0.1) is 0 Å². The molecule has 0 aromatic carbocycles. The molecule has 1 aliphatic heterocycles. The molecule has 1 aliphatic rings. The van der Waals surface area contributed by atoms with E-state index >= 15 is 0 Å². The first-order valence-corrected chi connectivity index (χ1v) is 7.32. The molecular formula is C12H19BrN2S. The molecule has 1 aromatic rings. The van der Waals surface area contributed by atoms with Gasteiger partial charge >= 0.3 is 0 Å². The molecular weight excluding hydrogens is 284 g/mol. The van der Waals surface area contributed by atoms with Gasteiger partial charge in [0.25, 0.3) is 0 Å². The molecule has 2 rings (SSSR count). The van der Waals surface area contributed by atoms with E-state index in [9.17, 15) is 0 Å². The molecule has 0 saturated carbocycles. The fraction of sp³-hybridized carbons (Fsp3) is 0.667. The molecule has 0 radical (unpaired) electrons. The van der Waals surface area contributed by atoms with Gasteiger partial charge in [-0.15, -0.1) is 11.3 Å².